The Morgan fingerprint density at radius 1 is 1.59 bits per heavy atom. The van der Waals surface area contributed by atoms with Gasteiger partial charge in [0.2, 0.25) is 0 Å². The first-order valence-electron chi connectivity index (χ1n) is 4.70. The Balaban J connectivity index is 2.37. The maximum atomic E-state index is 11.5. The molecule has 0 aromatic carbocycles. The third-order valence-corrected chi connectivity index (χ3v) is 2.03. The topological polar surface area (TPSA) is 101 Å². The van der Waals surface area contributed by atoms with Gasteiger partial charge in [-0.15, -0.1) is 0 Å². The number of ether oxygens (including phenoxy) is 1. The molecule has 0 fully saturated rings. The number of carbonyl (C=O) groups excluding carboxylic acids is 1. The van der Waals surface area contributed by atoms with Crippen LogP contribution in [0.3, 0.4) is 0 Å². The molecule has 7 heteroatoms. The van der Waals surface area contributed by atoms with Crippen molar-refractivity contribution >= 4 is 17.0 Å². The summed E-state index contributed by atoms with van der Waals surface area (Å²) in [4.78, 5) is 28.6. The van der Waals surface area contributed by atoms with Gasteiger partial charge in [0.15, 0.2) is 5.65 Å². The van der Waals surface area contributed by atoms with E-state index in [0.717, 1.165) is 0 Å². The van der Waals surface area contributed by atoms with Crippen molar-refractivity contribution < 1.29 is 9.53 Å². The van der Waals surface area contributed by atoms with E-state index in [1.807, 2.05) is 0 Å². The second-order valence-electron chi connectivity index (χ2n) is 3.08. The van der Waals surface area contributed by atoms with Crippen LogP contribution in [0.25, 0.3) is 11.0 Å². The number of hydrogen-bond donors (Lipinski definition) is 2. The Hall–Kier alpha value is -2.62. The van der Waals surface area contributed by atoms with Crippen LogP contribution in [0.2, 0.25) is 0 Å². The number of nitrogens with one attached hydrogen (secondary N) is 2. The molecule has 17 heavy (non-hydrogen) atoms. The van der Waals surface area contributed by atoms with Crippen molar-refractivity contribution in [1.29, 1.82) is 0 Å². The molecule has 0 aliphatic rings. The van der Waals surface area contributed by atoms with E-state index in [-0.39, 0.29) is 23.0 Å². The highest BCUT2D eigenvalue weighted by molar-refractivity contribution is 5.80. The van der Waals surface area contributed by atoms with E-state index < -0.39 is 5.97 Å². The number of nitrogens with zero attached hydrogens (tertiary/aromatic N) is 2. The first-order valence-corrected chi connectivity index (χ1v) is 4.70. The fraction of sp³-hybridized carbons (Fsp3) is 0.200. The largest absolute Gasteiger partial charge is 0.468 e. The molecular formula is C10H8N4O3. The smallest absolute Gasteiger partial charge is 0.317 e. The molecule has 2 rings (SSSR count). The molecule has 0 amide bonds. The van der Waals surface area contributed by atoms with E-state index in [1.165, 1.54) is 13.4 Å². The Morgan fingerprint density at radius 3 is 3.18 bits per heavy atom. The van der Waals surface area contributed by atoms with E-state index in [1.54, 1.807) is 0 Å². The summed E-state index contributed by atoms with van der Waals surface area (Å²) in [6.07, 6.45) is 1.21. The summed E-state index contributed by atoms with van der Waals surface area (Å²) in [6, 6.07) is 0. The number of methoxy groups -OCH3 is 1. The molecule has 0 aliphatic heterocycles. The third kappa shape index (κ3) is 2.15. The Labute approximate surface area is 95.2 Å². The van der Waals surface area contributed by atoms with Gasteiger partial charge in [-0.05, 0) is 5.92 Å². The number of H-pyrrole nitrogens is 2. The molecule has 86 valence electrons. The molecular weight excluding hydrogens is 224 g/mol. The lowest BCUT2D eigenvalue weighted by Gasteiger charge is -1.89. The second-order valence-corrected chi connectivity index (χ2v) is 3.08. The van der Waals surface area contributed by atoms with Crippen LogP contribution in [0.1, 0.15) is 12.1 Å². The van der Waals surface area contributed by atoms with Crippen LogP contribution in [-0.4, -0.2) is 33.2 Å². The summed E-state index contributed by atoms with van der Waals surface area (Å²) >= 11 is 0. The number of hydrogen-bond acceptors (Lipinski definition) is 5. The first-order chi connectivity index (χ1) is 8.22. The van der Waals surface area contributed by atoms with Crippen molar-refractivity contribution in [2.75, 3.05) is 7.11 Å². The van der Waals surface area contributed by atoms with E-state index >= 15 is 0 Å². The molecule has 0 atom stereocenters. The van der Waals surface area contributed by atoms with Gasteiger partial charge in [-0.3, -0.25) is 14.7 Å². The predicted molar refractivity (Wildman–Crippen MR) is 58.0 cm³/mol. The Bertz CT molecular complexity index is 674. The van der Waals surface area contributed by atoms with Gasteiger partial charge in [-0.25, -0.2) is 4.98 Å². The minimum absolute atomic E-state index is 0.0464. The summed E-state index contributed by atoms with van der Waals surface area (Å²) in [5, 5.41) is 6.69. The van der Waals surface area contributed by atoms with Gasteiger partial charge in [0.1, 0.15) is 17.5 Å². The van der Waals surface area contributed by atoms with Gasteiger partial charge in [-0.2, -0.15) is 5.10 Å². The predicted octanol–water partition coefficient (Wildman–Crippen LogP) is -0.439. The van der Waals surface area contributed by atoms with Crippen LogP contribution >= 0.6 is 0 Å². The van der Waals surface area contributed by atoms with Crippen LogP contribution in [0, 0.1) is 11.8 Å². The average Bonchev–Trinajstić information content (AvgIpc) is 2.74. The summed E-state index contributed by atoms with van der Waals surface area (Å²) in [6.45, 7) is 0. The molecule has 2 heterocycles. The second kappa shape index (κ2) is 4.49. The Morgan fingerprint density at radius 2 is 2.41 bits per heavy atom. The normalized spacial score (nSPS) is 9.71. The lowest BCUT2D eigenvalue weighted by atomic mass is 10.3. The SMILES string of the molecule is COC(=O)CC#Cc1[nH]nc2nc[nH]c(=O)c12. The van der Waals surface area contributed by atoms with E-state index in [0.29, 0.717) is 5.69 Å². The molecule has 0 aliphatic carbocycles. The van der Waals surface area contributed by atoms with E-state index in [9.17, 15) is 9.59 Å². The van der Waals surface area contributed by atoms with Gasteiger partial charge >= 0.3 is 5.97 Å². The number of carbonyl (C=O) groups is 1. The summed E-state index contributed by atoms with van der Waals surface area (Å²) in [5.74, 6) is 4.79. The van der Waals surface area contributed by atoms with E-state index in [2.05, 4.69) is 36.7 Å². The number of fused-ring (bicyclic) bond motifs is 1. The first kappa shape index (κ1) is 10.9. The summed E-state index contributed by atoms with van der Waals surface area (Å²) in [5.41, 5.74) is 0.292. The lowest BCUT2D eigenvalue weighted by Crippen LogP contribution is -2.06. The van der Waals surface area contributed by atoms with Crippen LogP contribution < -0.4 is 5.56 Å². The van der Waals surface area contributed by atoms with Crippen LogP contribution in [0.4, 0.5) is 0 Å². The molecule has 7 nitrogen and oxygen atoms in total. The fourth-order valence-corrected chi connectivity index (χ4v) is 1.23. The molecule has 0 saturated carbocycles. The van der Waals surface area contributed by atoms with Crippen molar-refractivity contribution in [1.82, 2.24) is 20.2 Å². The van der Waals surface area contributed by atoms with Gasteiger partial charge in [0.25, 0.3) is 5.56 Å². The van der Waals surface area contributed by atoms with Gasteiger partial charge < -0.3 is 9.72 Å². The molecule has 0 saturated heterocycles. The average molecular weight is 232 g/mol. The molecule has 0 radical (unpaired) electrons. The van der Waals surface area contributed by atoms with Crippen LogP contribution in [0.5, 0.6) is 0 Å². The van der Waals surface area contributed by atoms with Crippen LogP contribution in [0.15, 0.2) is 11.1 Å². The number of esters is 1. The van der Waals surface area contributed by atoms with Gasteiger partial charge in [-0.1, -0.05) is 5.92 Å². The molecule has 0 spiro atoms. The summed E-state index contributed by atoms with van der Waals surface area (Å²) in [7, 11) is 1.28. The zero-order valence-corrected chi connectivity index (χ0v) is 8.90. The van der Waals surface area contributed by atoms with Gasteiger partial charge in [0.05, 0.1) is 13.4 Å². The molecule has 2 N–H and O–H groups in total. The molecule has 2 aromatic rings. The third-order valence-electron chi connectivity index (χ3n) is 2.03. The monoisotopic (exact) mass is 232 g/mol. The summed E-state index contributed by atoms with van der Waals surface area (Å²) < 4.78 is 4.43. The van der Waals surface area contributed by atoms with Crippen molar-refractivity contribution in [2.45, 2.75) is 6.42 Å². The number of aromatic nitrogens is 4. The zero-order chi connectivity index (χ0) is 12.3. The Kier molecular flexibility index (Phi) is 2.87. The highest BCUT2D eigenvalue weighted by Gasteiger charge is 2.07. The zero-order valence-electron chi connectivity index (χ0n) is 8.90. The van der Waals surface area contributed by atoms with E-state index in [4.69, 9.17) is 0 Å². The highest BCUT2D eigenvalue weighted by atomic mass is 16.5. The van der Waals surface area contributed by atoms with Crippen molar-refractivity contribution in [3.8, 4) is 11.8 Å². The number of aromatic amines is 2. The highest BCUT2D eigenvalue weighted by Crippen LogP contribution is 2.05. The van der Waals surface area contributed by atoms with Crippen molar-refractivity contribution in [3.63, 3.8) is 0 Å². The minimum Gasteiger partial charge on any atom is -0.468 e. The molecule has 2 aromatic heterocycles. The van der Waals surface area contributed by atoms with Crippen molar-refractivity contribution in [2.24, 2.45) is 0 Å². The standard InChI is InChI=1S/C10H8N4O3/c1-17-7(15)4-2-3-6-8-9(14-13-6)11-5-12-10(8)16/h5H,4H2,1H3,(H2,11,12,13,14,16). The minimum atomic E-state index is -0.437. The molecule has 0 bridgehead atoms. The van der Waals surface area contributed by atoms with Crippen molar-refractivity contribution in [3.05, 3.63) is 22.4 Å². The quantitative estimate of drug-likeness (QED) is 0.512. The fourth-order valence-electron chi connectivity index (χ4n) is 1.23. The van der Waals surface area contributed by atoms with Gasteiger partial charge in [0, 0.05) is 0 Å². The molecule has 0 unspecified atom stereocenters. The lowest BCUT2D eigenvalue weighted by molar-refractivity contribution is -0.139. The maximum Gasteiger partial charge on any atom is 0.317 e. The van der Waals surface area contributed by atoms with Crippen LogP contribution in [-0.2, 0) is 9.53 Å². The maximum absolute atomic E-state index is 11.5. The number of rotatable bonds is 1.